The van der Waals surface area contributed by atoms with Crippen LogP contribution in [0.5, 0.6) is 0 Å². The van der Waals surface area contributed by atoms with Crippen molar-refractivity contribution in [1.82, 2.24) is 24.7 Å². The maximum Gasteiger partial charge on any atom is 0.257 e. The fraction of sp³-hybridized carbons (Fsp3) is 0.500. The van der Waals surface area contributed by atoms with Crippen molar-refractivity contribution in [2.75, 3.05) is 11.1 Å². The molecule has 0 saturated heterocycles. The summed E-state index contributed by atoms with van der Waals surface area (Å²) >= 11 is 0. The van der Waals surface area contributed by atoms with Gasteiger partial charge in [0.2, 0.25) is 11.9 Å². The normalized spacial score (nSPS) is 16.3. The Morgan fingerprint density at radius 2 is 2.26 bits per heavy atom. The van der Waals surface area contributed by atoms with Crippen molar-refractivity contribution < 1.29 is 0 Å². The Hall–Kier alpha value is -2.18. The molecule has 1 saturated carbocycles. The molecule has 3 rings (SSSR count). The Morgan fingerprint density at radius 3 is 2.95 bits per heavy atom. The zero-order chi connectivity index (χ0) is 13.2. The quantitative estimate of drug-likeness (QED) is 0.839. The van der Waals surface area contributed by atoms with E-state index in [2.05, 4.69) is 32.3 Å². The van der Waals surface area contributed by atoms with E-state index in [9.17, 15) is 0 Å². The third-order valence-electron chi connectivity index (χ3n) is 3.11. The Kier molecular flexibility index (Phi) is 3.02. The molecule has 3 N–H and O–H groups in total. The van der Waals surface area contributed by atoms with Gasteiger partial charge in [0.1, 0.15) is 0 Å². The first-order valence-corrected chi connectivity index (χ1v) is 6.49. The minimum absolute atomic E-state index is 0.196. The van der Waals surface area contributed by atoms with Gasteiger partial charge in [-0.25, -0.2) is 4.68 Å². The van der Waals surface area contributed by atoms with Crippen LogP contribution in [0, 0.1) is 5.92 Å². The zero-order valence-corrected chi connectivity index (χ0v) is 10.8. The summed E-state index contributed by atoms with van der Waals surface area (Å²) in [4.78, 5) is 12.5. The van der Waals surface area contributed by atoms with Gasteiger partial charge >= 0.3 is 0 Å². The molecule has 0 amide bonds. The summed E-state index contributed by atoms with van der Waals surface area (Å²) in [7, 11) is 0. The standard InChI is InChI=1S/C12H17N7/c1-8(7-9-3-4-9)15-11-16-10(13)17-12(18-11)19-6-2-5-14-19/h2,5-6,8-9H,3-4,7H2,1H3,(H3,13,15,16,17,18). The number of rotatable bonds is 5. The van der Waals surface area contributed by atoms with Gasteiger partial charge in [-0.05, 0) is 25.3 Å². The number of nitrogens with two attached hydrogens (primary N) is 1. The average Bonchev–Trinajstić information content (AvgIpc) is 2.99. The number of hydrogen-bond acceptors (Lipinski definition) is 6. The SMILES string of the molecule is CC(CC1CC1)Nc1nc(N)nc(-n2cccn2)n1. The highest BCUT2D eigenvalue weighted by atomic mass is 15.4. The van der Waals surface area contributed by atoms with Gasteiger partial charge in [0.05, 0.1) is 0 Å². The molecule has 7 heteroatoms. The van der Waals surface area contributed by atoms with Gasteiger partial charge in [0.15, 0.2) is 0 Å². The Balaban J connectivity index is 1.77. The van der Waals surface area contributed by atoms with E-state index < -0.39 is 0 Å². The van der Waals surface area contributed by atoms with Crippen LogP contribution in [0.3, 0.4) is 0 Å². The van der Waals surface area contributed by atoms with Gasteiger partial charge in [-0.3, -0.25) is 0 Å². The minimum Gasteiger partial charge on any atom is -0.368 e. The van der Waals surface area contributed by atoms with Gasteiger partial charge in [-0.2, -0.15) is 20.1 Å². The number of hydrogen-bond donors (Lipinski definition) is 2. The summed E-state index contributed by atoms with van der Waals surface area (Å²) in [5.41, 5.74) is 5.71. The molecule has 7 nitrogen and oxygen atoms in total. The lowest BCUT2D eigenvalue weighted by atomic mass is 10.2. The Bertz CT molecular complexity index is 547. The molecule has 1 fully saturated rings. The molecule has 19 heavy (non-hydrogen) atoms. The van der Waals surface area contributed by atoms with E-state index in [4.69, 9.17) is 5.73 Å². The maximum absolute atomic E-state index is 5.71. The first kappa shape index (κ1) is 11.9. The second-order valence-electron chi connectivity index (χ2n) is 4.99. The molecule has 0 aliphatic heterocycles. The maximum atomic E-state index is 5.71. The van der Waals surface area contributed by atoms with E-state index in [-0.39, 0.29) is 5.95 Å². The van der Waals surface area contributed by atoms with Crippen LogP contribution in [-0.2, 0) is 0 Å². The molecule has 1 unspecified atom stereocenters. The highest BCUT2D eigenvalue weighted by Crippen LogP contribution is 2.33. The van der Waals surface area contributed by atoms with Crippen LogP contribution < -0.4 is 11.1 Å². The zero-order valence-electron chi connectivity index (χ0n) is 10.8. The average molecular weight is 259 g/mol. The van der Waals surface area contributed by atoms with Crippen LogP contribution in [0.25, 0.3) is 5.95 Å². The van der Waals surface area contributed by atoms with E-state index >= 15 is 0 Å². The summed E-state index contributed by atoms with van der Waals surface area (Å²) in [5, 5.41) is 7.36. The van der Waals surface area contributed by atoms with E-state index in [0.717, 1.165) is 12.3 Å². The van der Waals surface area contributed by atoms with Crippen LogP contribution in [0.4, 0.5) is 11.9 Å². The van der Waals surface area contributed by atoms with Crippen LogP contribution in [0.15, 0.2) is 18.5 Å². The number of nitrogens with one attached hydrogen (secondary N) is 1. The second kappa shape index (κ2) is 4.83. The van der Waals surface area contributed by atoms with Crippen LogP contribution in [-0.4, -0.2) is 30.8 Å². The molecule has 2 aromatic rings. The first-order valence-electron chi connectivity index (χ1n) is 6.49. The molecule has 0 spiro atoms. The van der Waals surface area contributed by atoms with Gasteiger partial charge in [-0.15, -0.1) is 0 Å². The summed E-state index contributed by atoms with van der Waals surface area (Å²) in [6.07, 6.45) is 7.26. The largest absolute Gasteiger partial charge is 0.368 e. The van der Waals surface area contributed by atoms with Crippen molar-refractivity contribution in [3.8, 4) is 5.95 Å². The molecular weight excluding hydrogens is 242 g/mol. The van der Waals surface area contributed by atoms with Crippen molar-refractivity contribution in [1.29, 1.82) is 0 Å². The van der Waals surface area contributed by atoms with Gasteiger partial charge < -0.3 is 11.1 Å². The van der Waals surface area contributed by atoms with Crippen LogP contribution in [0.2, 0.25) is 0 Å². The Morgan fingerprint density at radius 1 is 1.42 bits per heavy atom. The fourth-order valence-corrected chi connectivity index (χ4v) is 2.07. The lowest BCUT2D eigenvalue weighted by molar-refractivity contribution is 0.636. The lowest BCUT2D eigenvalue weighted by Crippen LogP contribution is -2.19. The molecule has 0 aromatic carbocycles. The molecule has 2 heterocycles. The molecule has 1 aliphatic carbocycles. The molecule has 100 valence electrons. The van der Waals surface area contributed by atoms with Crippen molar-refractivity contribution in [2.24, 2.45) is 5.92 Å². The first-order chi connectivity index (χ1) is 9.20. The van der Waals surface area contributed by atoms with Gasteiger partial charge in [0, 0.05) is 18.4 Å². The summed E-state index contributed by atoms with van der Waals surface area (Å²) in [6.45, 7) is 2.13. The lowest BCUT2D eigenvalue weighted by Gasteiger charge is -2.13. The Labute approximate surface area is 111 Å². The van der Waals surface area contributed by atoms with Gasteiger partial charge in [-0.1, -0.05) is 12.8 Å². The number of anilines is 2. The molecule has 0 bridgehead atoms. The smallest absolute Gasteiger partial charge is 0.257 e. The van der Waals surface area contributed by atoms with E-state index in [0.29, 0.717) is 17.9 Å². The van der Waals surface area contributed by atoms with Gasteiger partial charge in [0.25, 0.3) is 5.95 Å². The fourth-order valence-electron chi connectivity index (χ4n) is 2.07. The van der Waals surface area contributed by atoms with Crippen molar-refractivity contribution in [3.05, 3.63) is 18.5 Å². The highest BCUT2D eigenvalue weighted by molar-refractivity contribution is 5.35. The van der Waals surface area contributed by atoms with E-state index in [1.165, 1.54) is 12.8 Å². The van der Waals surface area contributed by atoms with Crippen molar-refractivity contribution in [2.45, 2.75) is 32.2 Å². The summed E-state index contributed by atoms with van der Waals surface area (Å²) < 4.78 is 1.56. The topological polar surface area (TPSA) is 94.5 Å². The summed E-state index contributed by atoms with van der Waals surface area (Å²) in [6, 6.07) is 2.14. The van der Waals surface area contributed by atoms with Crippen molar-refractivity contribution >= 4 is 11.9 Å². The number of nitrogens with zero attached hydrogens (tertiary/aromatic N) is 5. The van der Waals surface area contributed by atoms with Crippen LogP contribution >= 0.6 is 0 Å². The molecule has 2 aromatic heterocycles. The highest BCUT2D eigenvalue weighted by Gasteiger charge is 2.23. The molecule has 1 aliphatic rings. The molecular formula is C12H17N7. The second-order valence-corrected chi connectivity index (χ2v) is 4.99. The minimum atomic E-state index is 0.196. The van der Waals surface area contributed by atoms with Crippen molar-refractivity contribution in [3.63, 3.8) is 0 Å². The molecule has 1 atom stereocenters. The third-order valence-corrected chi connectivity index (χ3v) is 3.11. The third kappa shape index (κ3) is 2.98. The van der Waals surface area contributed by atoms with Crippen LogP contribution in [0.1, 0.15) is 26.2 Å². The number of nitrogen functional groups attached to an aromatic ring is 1. The van der Waals surface area contributed by atoms with E-state index in [1.54, 1.807) is 17.1 Å². The molecule has 0 radical (unpaired) electrons. The predicted molar refractivity (Wildman–Crippen MR) is 71.8 cm³/mol. The predicted octanol–water partition coefficient (Wildman–Crippen LogP) is 1.24. The van der Waals surface area contributed by atoms with E-state index in [1.807, 2.05) is 6.07 Å². The summed E-state index contributed by atoms with van der Waals surface area (Å²) in [5.74, 6) is 1.98. The number of aromatic nitrogens is 5. The monoisotopic (exact) mass is 259 g/mol.